The molecular weight excluding hydrogens is 364 g/mol. The predicted octanol–water partition coefficient (Wildman–Crippen LogP) is 2.05. The molecular formula is C19H24N4O3S. The van der Waals surface area contributed by atoms with Crippen LogP contribution in [0.4, 0.5) is 5.82 Å². The van der Waals surface area contributed by atoms with Crippen LogP contribution in [0, 0.1) is 6.92 Å². The number of aryl methyl sites for hydroxylation is 1. The molecule has 1 aliphatic heterocycles. The number of carbonyl (C=O) groups is 1. The third-order valence-corrected chi connectivity index (χ3v) is 6.44. The van der Waals surface area contributed by atoms with E-state index in [4.69, 9.17) is 0 Å². The van der Waals surface area contributed by atoms with Crippen molar-refractivity contribution < 1.29 is 13.2 Å². The topological polar surface area (TPSA) is 92.3 Å². The van der Waals surface area contributed by atoms with Crippen molar-refractivity contribution in [1.82, 2.24) is 14.9 Å². The Hall–Kier alpha value is -2.48. The molecule has 3 rings (SSSR count). The quantitative estimate of drug-likeness (QED) is 0.814. The minimum atomic E-state index is -3.06. The van der Waals surface area contributed by atoms with Gasteiger partial charge in [0.05, 0.1) is 11.5 Å². The third-order valence-electron chi connectivity index (χ3n) is 4.69. The Morgan fingerprint density at radius 2 is 2.11 bits per heavy atom. The van der Waals surface area contributed by atoms with E-state index >= 15 is 0 Å². The van der Waals surface area contributed by atoms with E-state index in [-0.39, 0.29) is 29.1 Å². The molecule has 1 aromatic heterocycles. The van der Waals surface area contributed by atoms with Gasteiger partial charge in [0, 0.05) is 25.2 Å². The number of anilines is 1. The first-order valence-electron chi connectivity index (χ1n) is 9.01. The van der Waals surface area contributed by atoms with Crippen LogP contribution >= 0.6 is 0 Å². The molecule has 0 aliphatic carbocycles. The number of benzene rings is 1. The molecule has 1 unspecified atom stereocenters. The van der Waals surface area contributed by atoms with E-state index in [9.17, 15) is 13.2 Å². The monoisotopic (exact) mass is 388 g/mol. The Morgan fingerprint density at radius 1 is 1.30 bits per heavy atom. The Bertz CT molecular complexity index is 930. The fourth-order valence-electron chi connectivity index (χ4n) is 3.32. The van der Waals surface area contributed by atoms with Crippen LogP contribution in [0.1, 0.15) is 35.0 Å². The third kappa shape index (κ3) is 4.82. The molecule has 7 nitrogen and oxygen atoms in total. The molecule has 0 radical (unpaired) electrons. The summed E-state index contributed by atoms with van der Waals surface area (Å²) in [4.78, 5) is 22.7. The molecule has 0 saturated carbocycles. The van der Waals surface area contributed by atoms with Crippen LogP contribution in [0.25, 0.3) is 0 Å². The van der Waals surface area contributed by atoms with Gasteiger partial charge in [-0.25, -0.2) is 18.4 Å². The number of rotatable bonds is 6. The Morgan fingerprint density at radius 3 is 2.78 bits per heavy atom. The van der Waals surface area contributed by atoms with E-state index < -0.39 is 9.84 Å². The summed E-state index contributed by atoms with van der Waals surface area (Å²) in [6, 6.07) is 9.46. The molecule has 27 heavy (non-hydrogen) atoms. The number of nitrogens with zero attached hydrogens (tertiary/aromatic N) is 3. The maximum Gasteiger partial charge on any atom is 0.272 e. The van der Waals surface area contributed by atoms with Gasteiger partial charge < -0.3 is 10.2 Å². The predicted molar refractivity (Wildman–Crippen MR) is 104 cm³/mol. The highest BCUT2D eigenvalue weighted by molar-refractivity contribution is 7.91. The van der Waals surface area contributed by atoms with Gasteiger partial charge in [-0.3, -0.25) is 4.79 Å². The summed E-state index contributed by atoms with van der Waals surface area (Å²) in [6.07, 6.45) is 1.83. The second-order valence-electron chi connectivity index (χ2n) is 6.78. The van der Waals surface area contributed by atoms with E-state index in [1.165, 1.54) is 11.9 Å². The normalized spacial score (nSPS) is 18.2. The van der Waals surface area contributed by atoms with Crippen LogP contribution in [0.3, 0.4) is 0 Å². The number of sulfone groups is 1. The van der Waals surface area contributed by atoms with E-state index in [1.54, 1.807) is 11.0 Å². The first-order chi connectivity index (χ1) is 12.9. The van der Waals surface area contributed by atoms with Crippen LogP contribution in [0.15, 0.2) is 36.7 Å². The molecule has 1 N–H and O–H groups in total. The fraction of sp³-hybridized carbons (Fsp3) is 0.421. The van der Waals surface area contributed by atoms with Crippen molar-refractivity contribution in [2.24, 2.45) is 0 Å². The fourth-order valence-corrected chi connectivity index (χ4v) is 5.05. The first-order valence-corrected chi connectivity index (χ1v) is 10.8. The highest BCUT2D eigenvalue weighted by atomic mass is 32.2. The van der Waals surface area contributed by atoms with Crippen LogP contribution in [0.2, 0.25) is 0 Å². The highest BCUT2D eigenvalue weighted by Crippen LogP contribution is 2.20. The molecule has 1 aliphatic rings. The van der Waals surface area contributed by atoms with Crippen molar-refractivity contribution in [3.05, 3.63) is 53.5 Å². The van der Waals surface area contributed by atoms with Crippen molar-refractivity contribution >= 4 is 21.6 Å². The van der Waals surface area contributed by atoms with Crippen molar-refractivity contribution in [1.29, 1.82) is 0 Å². The molecule has 1 aromatic carbocycles. The number of amides is 1. The highest BCUT2D eigenvalue weighted by Gasteiger charge is 2.34. The molecule has 144 valence electrons. The Labute approximate surface area is 159 Å². The summed E-state index contributed by atoms with van der Waals surface area (Å²) in [5, 5.41) is 3.21. The van der Waals surface area contributed by atoms with Gasteiger partial charge in [-0.1, -0.05) is 29.8 Å². The zero-order chi connectivity index (χ0) is 19.4. The lowest BCUT2D eigenvalue weighted by Gasteiger charge is -2.26. The number of aromatic nitrogens is 2. The number of nitrogens with one attached hydrogen (secondary N) is 1. The smallest absolute Gasteiger partial charge is 0.272 e. The van der Waals surface area contributed by atoms with Crippen LogP contribution in [0.5, 0.6) is 0 Å². The maximum absolute atomic E-state index is 12.9. The molecule has 0 spiro atoms. The summed E-state index contributed by atoms with van der Waals surface area (Å²) in [5.74, 6) is 0.454. The van der Waals surface area contributed by atoms with Gasteiger partial charge in [0.2, 0.25) is 0 Å². The van der Waals surface area contributed by atoms with Crippen molar-refractivity contribution in [3.8, 4) is 0 Å². The van der Waals surface area contributed by atoms with Crippen molar-refractivity contribution in [2.75, 3.05) is 23.4 Å². The molecule has 0 bridgehead atoms. The Kier molecular flexibility index (Phi) is 5.74. The Balaban J connectivity index is 1.71. The van der Waals surface area contributed by atoms with Crippen molar-refractivity contribution in [3.63, 3.8) is 0 Å². The standard InChI is InChI=1S/C19H24N4O3S/c1-3-23(16-7-8-27(25,26)12-16)19(24)17-10-18(22-13-21-17)20-11-15-6-4-5-14(2)9-15/h4-6,9-10,13,16H,3,7-8,11-12H2,1-2H3,(H,20,21,22). The maximum atomic E-state index is 12.9. The number of carbonyl (C=O) groups excluding carboxylic acids is 1. The SMILES string of the molecule is CCN(C(=O)c1cc(NCc2cccc(C)c2)ncn1)C1CCS(=O)(=O)C1. The minimum absolute atomic E-state index is 0.0239. The van der Waals surface area contributed by atoms with Gasteiger partial charge in [-0.2, -0.15) is 0 Å². The summed E-state index contributed by atoms with van der Waals surface area (Å²) in [6.45, 7) is 4.91. The van der Waals surface area contributed by atoms with E-state index in [2.05, 4.69) is 21.4 Å². The second-order valence-corrected chi connectivity index (χ2v) is 9.01. The lowest BCUT2D eigenvalue weighted by molar-refractivity contribution is 0.0702. The van der Waals surface area contributed by atoms with Gasteiger partial charge in [0.25, 0.3) is 5.91 Å². The molecule has 8 heteroatoms. The van der Waals surface area contributed by atoms with Crippen LogP contribution in [-0.4, -0.2) is 53.3 Å². The average Bonchev–Trinajstić information content (AvgIpc) is 3.00. The molecule has 1 amide bonds. The average molecular weight is 388 g/mol. The van der Waals surface area contributed by atoms with Crippen molar-refractivity contribution in [2.45, 2.75) is 32.9 Å². The summed E-state index contributed by atoms with van der Waals surface area (Å²) >= 11 is 0. The second kappa shape index (κ2) is 8.04. The minimum Gasteiger partial charge on any atom is -0.366 e. The van der Waals surface area contributed by atoms with Crippen LogP contribution < -0.4 is 5.32 Å². The van der Waals surface area contributed by atoms with Gasteiger partial charge in [-0.15, -0.1) is 0 Å². The van der Waals surface area contributed by atoms with E-state index in [0.29, 0.717) is 25.3 Å². The van der Waals surface area contributed by atoms with Gasteiger partial charge in [0.1, 0.15) is 17.8 Å². The summed E-state index contributed by atoms with van der Waals surface area (Å²) < 4.78 is 23.5. The lowest BCUT2D eigenvalue weighted by Crippen LogP contribution is -2.41. The molecule has 1 saturated heterocycles. The van der Waals surface area contributed by atoms with Gasteiger partial charge in [0.15, 0.2) is 9.84 Å². The lowest BCUT2D eigenvalue weighted by atomic mass is 10.1. The number of hydrogen-bond acceptors (Lipinski definition) is 6. The van der Waals surface area contributed by atoms with Crippen LogP contribution in [-0.2, 0) is 16.4 Å². The number of hydrogen-bond donors (Lipinski definition) is 1. The zero-order valence-corrected chi connectivity index (χ0v) is 16.4. The van der Waals surface area contributed by atoms with Gasteiger partial charge in [-0.05, 0) is 25.8 Å². The first kappa shape index (κ1) is 19.3. The summed E-state index contributed by atoms with van der Waals surface area (Å²) in [5.41, 5.74) is 2.56. The molecule has 1 atom stereocenters. The molecule has 2 heterocycles. The van der Waals surface area contributed by atoms with E-state index in [0.717, 1.165) is 5.56 Å². The largest absolute Gasteiger partial charge is 0.366 e. The summed E-state index contributed by atoms with van der Waals surface area (Å²) in [7, 11) is -3.06. The van der Waals surface area contributed by atoms with Gasteiger partial charge >= 0.3 is 0 Å². The van der Waals surface area contributed by atoms with E-state index in [1.807, 2.05) is 32.0 Å². The molecule has 1 fully saturated rings. The zero-order valence-electron chi connectivity index (χ0n) is 15.6. The molecule has 2 aromatic rings.